The van der Waals surface area contributed by atoms with Gasteiger partial charge in [0.1, 0.15) is 41.8 Å². The molecule has 0 unspecified atom stereocenters. The summed E-state index contributed by atoms with van der Waals surface area (Å²) in [5, 5.41) is 51.7. The predicted molar refractivity (Wildman–Crippen MR) is 91.9 cm³/mol. The Hall–Kier alpha value is -1.86. The SMILES string of the molecule is C[C@H]1[C@H]([C@H](O)[C@H](O)CO)OC(C(=O)[O-])=C[C@@H]1n1cc2ccccc2c1C#N.[Na+]. The minimum absolute atomic E-state index is 0. The number of nitrogens with zero attached hydrogens (tertiary/aromatic N) is 2. The first kappa shape index (κ1) is 22.4. The van der Waals surface area contributed by atoms with E-state index in [4.69, 9.17) is 9.84 Å². The van der Waals surface area contributed by atoms with E-state index in [2.05, 4.69) is 6.07 Å². The van der Waals surface area contributed by atoms with Crippen LogP contribution in [0.5, 0.6) is 0 Å². The molecule has 5 atom stereocenters. The van der Waals surface area contributed by atoms with Gasteiger partial charge in [-0.3, -0.25) is 0 Å². The number of allylic oxidation sites excluding steroid dienone is 1. The second kappa shape index (κ2) is 9.09. The first-order valence-electron chi connectivity index (χ1n) is 8.45. The number of aromatic nitrogens is 1. The summed E-state index contributed by atoms with van der Waals surface area (Å²) in [6, 6.07) is 8.75. The largest absolute Gasteiger partial charge is 1.00 e. The summed E-state index contributed by atoms with van der Waals surface area (Å²) in [6.45, 7) is 0.997. The maximum Gasteiger partial charge on any atom is 1.00 e. The van der Waals surface area contributed by atoms with Crippen molar-refractivity contribution in [1.29, 1.82) is 5.26 Å². The van der Waals surface area contributed by atoms with E-state index in [0.717, 1.165) is 10.8 Å². The zero-order valence-corrected chi connectivity index (χ0v) is 17.5. The van der Waals surface area contributed by atoms with Crippen LogP contribution in [0.4, 0.5) is 0 Å². The summed E-state index contributed by atoms with van der Waals surface area (Å²) in [5.74, 6) is -2.58. The molecule has 0 bridgehead atoms. The third kappa shape index (κ3) is 3.96. The van der Waals surface area contributed by atoms with E-state index in [9.17, 15) is 25.4 Å². The smallest absolute Gasteiger partial charge is 0.542 e. The van der Waals surface area contributed by atoms with Crippen LogP contribution in [0.25, 0.3) is 10.8 Å². The van der Waals surface area contributed by atoms with Crippen molar-refractivity contribution < 1.29 is 59.5 Å². The van der Waals surface area contributed by atoms with Crippen molar-refractivity contribution in [3.8, 4) is 6.07 Å². The fraction of sp³-hybridized carbons (Fsp3) is 0.368. The number of carboxylic acid groups (broad SMARTS) is 1. The fourth-order valence-corrected chi connectivity index (χ4v) is 3.48. The van der Waals surface area contributed by atoms with Crippen LogP contribution in [0.15, 0.2) is 42.3 Å². The Bertz CT molecular complexity index is 934. The number of hydrogen-bond acceptors (Lipinski definition) is 7. The molecule has 0 aliphatic carbocycles. The van der Waals surface area contributed by atoms with Crippen LogP contribution in [-0.2, 0) is 9.53 Å². The van der Waals surface area contributed by atoms with Crippen LogP contribution >= 0.6 is 0 Å². The molecular formula is C19H19N2NaO6. The standard InChI is InChI=1S/C19H20N2O6.Na/c1-10-13(21-8-11-4-2-3-5-12(11)14(21)7-20)6-16(19(25)26)27-18(10)17(24)15(23)9-22;/h2-6,8,10,13,15,17-18,22-24H,9H2,1H3,(H,25,26);/q;+1/p-1/t10-,13+,15-,17-,18-;/m1./s1. The van der Waals surface area contributed by atoms with Crippen molar-refractivity contribution >= 4 is 16.7 Å². The number of hydrogen-bond donors (Lipinski definition) is 3. The van der Waals surface area contributed by atoms with Gasteiger partial charge >= 0.3 is 29.6 Å². The Balaban J connectivity index is 0.00000280. The Kier molecular flexibility index (Phi) is 7.28. The molecule has 1 aliphatic heterocycles. The van der Waals surface area contributed by atoms with Gasteiger partial charge in [-0.25, -0.2) is 0 Å². The molecule has 0 fully saturated rings. The van der Waals surface area contributed by atoms with Crippen molar-refractivity contribution in [2.75, 3.05) is 6.61 Å². The number of carbonyl (C=O) groups excluding carboxylic acids is 1. The van der Waals surface area contributed by atoms with E-state index in [0.29, 0.717) is 5.69 Å². The molecule has 0 spiro atoms. The average molecular weight is 394 g/mol. The molecule has 0 radical (unpaired) electrons. The number of carbonyl (C=O) groups is 1. The second-order valence-corrected chi connectivity index (χ2v) is 6.58. The molecule has 2 aromatic rings. The molecule has 0 amide bonds. The maximum atomic E-state index is 11.4. The molecule has 1 aliphatic rings. The van der Waals surface area contributed by atoms with Gasteiger partial charge in [0.2, 0.25) is 0 Å². The third-order valence-electron chi connectivity index (χ3n) is 4.94. The number of benzene rings is 1. The molecule has 0 saturated heterocycles. The number of fused-ring (bicyclic) bond motifs is 1. The molecule has 2 heterocycles. The van der Waals surface area contributed by atoms with Crippen molar-refractivity contribution in [3.05, 3.63) is 48.0 Å². The molecule has 0 saturated carbocycles. The molecule has 142 valence electrons. The predicted octanol–water partition coefficient (Wildman–Crippen LogP) is -3.56. The number of aliphatic hydroxyl groups excluding tert-OH is 3. The van der Waals surface area contributed by atoms with Crippen LogP contribution < -0.4 is 34.7 Å². The molecule has 28 heavy (non-hydrogen) atoms. The summed E-state index contributed by atoms with van der Waals surface area (Å²) in [7, 11) is 0. The zero-order valence-electron chi connectivity index (χ0n) is 15.5. The van der Waals surface area contributed by atoms with Gasteiger partial charge in [0.15, 0.2) is 0 Å². The first-order valence-corrected chi connectivity index (χ1v) is 8.45. The van der Waals surface area contributed by atoms with Crippen molar-refractivity contribution in [3.63, 3.8) is 0 Å². The molecular weight excluding hydrogens is 375 g/mol. The van der Waals surface area contributed by atoms with Gasteiger partial charge in [-0.2, -0.15) is 5.26 Å². The van der Waals surface area contributed by atoms with Crippen LogP contribution in [0, 0.1) is 17.2 Å². The van der Waals surface area contributed by atoms with Crippen molar-refractivity contribution in [1.82, 2.24) is 4.57 Å². The monoisotopic (exact) mass is 394 g/mol. The number of aliphatic carboxylic acids is 1. The molecule has 9 heteroatoms. The molecule has 8 nitrogen and oxygen atoms in total. The molecule has 1 aromatic heterocycles. The Morgan fingerprint density at radius 2 is 2.07 bits per heavy atom. The number of carboxylic acids is 1. The van der Waals surface area contributed by atoms with Gasteiger partial charge in [0.05, 0.1) is 12.6 Å². The zero-order chi connectivity index (χ0) is 19.7. The third-order valence-corrected chi connectivity index (χ3v) is 4.94. The van der Waals surface area contributed by atoms with Crippen LogP contribution in [0.3, 0.4) is 0 Å². The van der Waals surface area contributed by atoms with E-state index in [1.807, 2.05) is 12.1 Å². The number of rotatable bonds is 5. The van der Waals surface area contributed by atoms with E-state index in [1.54, 1.807) is 29.8 Å². The van der Waals surface area contributed by atoms with Crippen molar-refractivity contribution in [2.45, 2.75) is 31.3 Å². The van der Waals surface area contributed by atoms with Gasteiger partial charge in [-0.1, -0.05) is 31.2 Å². The Labute approximate surface area is 183 Å². The van der Waals surface area contributed by atoms with E-state index >= 15 is 0 Å². The number of nitriles is 1. The fourth-order valence-electron chi connectivity index (χ4n) is 3.48. The second-order valence-electron chi connectivity index (χ2n) is 6.58. The summed E-state index contributed by atoms with van der Waals surface area (Å²) < 4.78 is 6.96. The van der Waals surface area contributed by atoms with Crippen LogP contribution in [-0.4, -0.2) is 50.8 Å². The normalized spacial score (nSPS) is 23.7. The van der Waals surface area contributed by atoms with Gasteiger partial charge in [0.25, 0.3) is 0 Å². The average Bonchev–Trinajstić information content (AvgIpc) is 3.05. The topological polar surface area (TPSA) is 139 Å². The Morgan fingerprint density at radius 1 is 1.39 bits per heavy atom. The van der Waals surface area contributed by atoms with Crippen molar-refractivity contribution in [2.24, 2.45) is 5.92 Å². The maximum absolute atomic E-state index is 11.4. The van der Waals surface area contributed by atoms with Gasteiger partial charge < -0.3 is 34.5 Å². The number of ether oxygens (including phenoxy) is 1. The van der Waals surface area contributed by atoms with Gasteiger partial charge in [-0.15, -0.1) is 0 Å². The Morgan fingerprint density at radius 3 is 2.68 bits per heavy atom. The minimum atomic E-state index is -1.57. The van der Waals surface area contributed by atoms with E-state index < -0.39 is 48.6 Å². The van der Waals surface area contributed by atoms with E-state index in [1.165, 1.54) is 6.08 Å². The summed E-state index contributed by atoms with van der Waals surface area (Å²) in [5.41, 5.74) is 0.342. The molecule has 1 aromatic carbocycles. The summed E-state index contributed by atoms with van der Waals surface area (Å²) in [4.78, 5) is 11.4. The first-order chi connectivity index (χ1) is 12.9. The van der Waals surface area contributed by atoms with Crippen LogP contribution in [0.2, 0.25) is 0 Å². The quantitative estimate of drug-likeness (QED) is 0.446. The van der Waals surface area contributed by atoms with Crippen LogP contribution in [0.1, 0.15) is 18.7 Å². The minimum Gasteiger partial charge on any atom is -0.542 e. The summed E-state index contributed by atoms with van der Waals surface area (Å²) in [6.07, 6.45) is -1.08. The van der Waals surface area contributed by atoms with E-state index in [-0.39, 0.29) is 29.6 Å². The van der Waals surface area contributed by atoms with Gasteiger partial charge in [0, 0.05) is 22.9 Å². The molecule has 3 rings (SSSR count). The number of aliphatic hydroxyl groups is 3. The van der Waals surface area contributed by atoms with Gasteiger partial charge in [-0.05, 0) is 6.08 Å². The summed E-state index contributed by atoms with van der Waals surface area (Å²) >= 11 is 0. The molecule has 3 N–H and O–H groups in total.